The van der Waals surface area contributed by atoms with E-state index >= 15 is 0 Å². The van der Waals surface area contributed by atoms with Gasteiger partial charge in [-0.2, -0.15) is 5.26 Å². The summed E-state index contributed by atoms with van der Waals surface area (Å²) in [5.74, 6) is 0.810. The number of hydrogen-bond donors (Lipinski definition) is 1. The third-order valence-electron chi connectivity index (χ3n) is 2.24. The zero-order chi connectivity index (χ0) is 12.1. The SMILES string of the molecule is CCN(CC(C)C#N)c1ncc(N)cc1Br. The first-order chi connectivity index (χ1) is 7.58. The van der Waals surface area contributed by atoms with E-state index in [4.69, 9.17) is 11.0 Å². The number of aromatic nitrogens is 1. The Morgan fingerprint density at radius 1 is 1.69 bits per heavy atom. The molecule has 4 nitrogen and oxygen atoms in total. The molecule has 1 unspecified atom stereocenters. The Labute approximate surface area is 104 Å². The highest BCUT2D eigenvalue weighted by Crippen LogP contribution is 2.25. The van der Waals surface area contributed by atoms with Crippen LogP contribution in [0.25, 0.3) is 0 Å². The molecule has 16 heavy (non-hydrogen) atoms. The predicted octanol–water partition coefficient (Wildman–Crippen LogP) is 2.41. The van der Waals surface area contributed by atoms with Gasteiger partial charge in [0.15, 0.2) is 0 Å². The molecular formula is C11H15BrN4. The second-order valence-electron chi connectivity index (χ2n) is 3.64. The lowest BCUT2D eigenvalue weighted by atomic mass is 10.2. The van der Waals surface area contributed by atoms with Crippen molar-refractivity contribution in [3.05, 3.63) is 16.7 Å². The zero-order valence-corrected chi connectivity index (χ0v) is 11.0. The maximum absolute atomic E-state index is 8.81. The first-order valence-corrected chi connectivity index (χ1v) is 5.93. The van der Waals surface area contributed by atoms with Crippen molar-refractivity contribution in [2.45, 2.75) is 13.8 Å². The molecule has 1 aromatic rings. The summed E-state index contributed by atoms with van der Waals surface area (Å²) >= 11 is 3.43. The largest absolute Gasteiger partial charge is 0.397 e. The maximum Gasteiger partial charge on any atom is 0.143 e. The molecule has 1 aromatic heterocycles. The number of halogens is 1. The molecule has 0 aromatic carbocycles. The lowest BCUT2D eigenvalue weighted by Gasteiger charge is -2.24. The van der Waals surface area contributed by atoms with Crippen LogP contribution in [0.5, 0.6) is 0 Å². The zero-order valence-electron chi connectivity index (χ0n) is 9.44. The van der Waals surface area contributed by atoms with Crippen molar-refractivity contribution in [1.82, 2.24) is 4.98 Å². The van der Waals surface area contributed by atoms with Crippen LogP contribution in [0.4, 0.5) is 11.5 Å². The van der Waals surface area contributed by atoms with Crippen molar-refractivity contribution in [3.63, 3.8) is 0 Å². The van der Waals surface area contributed by atoms with E-state index in [2.05, 4.69) is 31.9 Å². The van der Waals surface area contributed by atoms with Crippen molar-refractivity contribution in [1.29, 1.82) is 5.26 Å². The van der Waals surface area contributed by atoms with Crippen LogP contribution in [0.15, 0.2) is 16.7 Å². The first-order valence-electron chi connectivity index (χ1n) is 5.14. The van der Waals surface area contributed by atoms with E-state index in [1.54, 1.807) is 6.20 Å². The Bertz CT molecular complexity index is 399. The van der Waals surface area contributed by atoms with Gasteiger partial charge < -0.3 is 10.6 Å². The number of nitrogens with zero attached hydrogens (tertiary/aromatic N) is 3. The van der Waals surface area contributed by atoms with E-state index in [1.807, 2.05) is 19.9 Å². The van der Waals surface area contributed by atoms with Crippen LogP contribution < -0.4 is 10.6 Å². The molecule has 5 heteroatoms. The molecule has 1 atom stereocenters. The minimum Gasteiger partial charge on any atom is -0.397 e. The highest BCUT2D eigenvalue weighted by Gasteiger charge is 2.13. The fourth-order valence-corrected chi connectivity index (χ4v) is 2.03. The Kier molecular flexibility index (Phi) is 4.56. The molecule has 0 radical (unpaired) electrons. The van der Waals surface area contributed by atoms with E-state index in [9.17, 15) is 0 Å². The van der Waals surface area contributed by atoms with Gasteiger partial charge in [-0.15, -0.1) is 0 Å². The van der Waals surface area contributed by atoms with E-state index in [1.165, 1.54) is 0 Å². The van der Waals surface area contributed by atoms with Crippen molar-refractivity contribution in [3.8, 4) is 6.07 Å². The second-order valence-corrected chi connectivity index (χ2v) is 4.50. The van der Waals surface area contributed by atoms with Crippen LogP contribution in [-0.2, 0) is 0 Å². The molecule has 0 fully saturated rings. The Morgan fingerprint density at radius 3 is 2.88 bits per heavy atom. The van der Waals surface area contributed by atoms with Gasteiger partial charge in [-0.3, -0.25) is 0 Å². The highest BCUT2D eigenvalue weighted by molar-refractivity contribution is 9.10. The fraction of sp³-hybridized carbons (Fsp3) is 0.455. The first kappa shape index (κ1) is 12.8. The van der Waals surface area contributed by atoms with Gasteiger partial charge in [0.2, 0.25) is 0 Å². The molecule has 1 rings (SSSR count). The van der Waals surface area contributed by atoms with Gasteiger partial charge in [0.25, 0.3) is 0 Å². The summed E-state index contributed by atoms with van der Waals surface area (Å²) in [6.45, 7) is 5.41. The summed E-state index contributed by atoms with van der Waals surface area (Å²) in [6, 6.07) is 4.04. The van der Waals surface area contributed by atoms with Crippen LogP contribution in [0, 0.1) is 17.2 Å². The average molecular weight is 283 g/mol. The monoisotopic (exact) mass is 282 g/mol. The molecule has 0 saturated heterocycles. The number of anilines is 2. The summed E-state index contributed by atoms with van der Waals surface area (Å²) in [6.07, 6.45) is 1.62. The molecule has 0 aliphatic heterocycles. The second kappa shape index (κ2) is 5.71. The molecule has 0 saturated carbocycles. The number of nitrogens with two attached hydrogens (primary N) is 1. The van der Waals surface area contributed by atoms with Crippen molar-refractivity contribution < 1.29 is 0 Å². The van der Waals surface area contributed by atoms with Crippen molar-refractivity contribution >= 4 is 27.4 Å². The minimum absolute atomic E-state index is 0.0220. The minimum atomic E-state index is -0.0220. The number of rotatable bonds is 4. The van der Waals surface area contributed by atoms with Crippen LogP contribution in [0.2, 0.25) is 0 Å². The molecule has 0 bridgehead atoms. The predicted molar refractivity (Wildman–Crippen MR) is 69.0 cm³/mol. The standard InChI is InChI=1S/C11H15BrN4/c1-3-16(7-8(2)5-13)11-10(12)4-9(14)6-15-11/h4,6,8H,3,7,14H2,1-2H3. The van der Waals surface area contributed by atoms with Crippen LogP contribution in [-0.4, -0.2) is 18.1 Å². The normalized spacial score (nSPS) is 11.9. The topological polar surface area (TPSA) is 65.9 Å². The summed E-state index contributed by atoms with van der Waals surface area (Å²) in [4.78, 5) is 6.33. The van der Waals surface area contributed by atoms with E-state index in [-0.39, 0.29) is 5.92 Å². The highest BCUT2D eigenvalue weighted by atomic mass is 79.9. The molecule has 2 N–H and O–H groups in total. The Balaban J connectivity index is 2.91. The average Bonchev–Trinajstić information content (AvgIpc) is 2.26. The number of nitrogen functional groups attached to an aromatic ring is 1. The van der Waals surface area contributed by atoms with E-state index < -0.39 is 0 Å². The van der Waals surface area contributed by atoms with E-state index in [0.29, 0.717) is 12.2 Å². The van der Waals surface area contributed by atoms with Gasteiger partial charge in [-0.05, 0) is 35.8 Å². The summed E-state index contributed by atoms with van der Waals surface area (Å²) in [7, 11) is 0. The van der Waals surface area contributed by atoms with Gasteiger partial charge >= 0.3 is 0 Å². The third kappa shape index (κ3) is 3.11. The molecule has 0 spiro atoms. The smallest absolute Gasteiger partial charge is 0.143 e. The molecule has 1 heterocycles. The molecule has 86 valence electrons. The van der Waals surface area contributed by atoms with Gasteiger partial charge in [0.1, 0.15) is 5.82 Å². The molecular weight excluding hydrogens is 268 g/mol. The van der Waals surface area contributed by atoms with E-state index in [0.717, 1.165) is 16.8 Å². The quantitative estimate of drug-likeness (QED) is 0.921. The number of nitriles is 1. The van der Waals surface area contributed by atoms with Crippen molar-refractivity contribution in [2.75, 3.05) is 23.7 Å². The summed E-state index contributed by atoms with van der Waals surface area (Å²) in [5.41, 5.74) is 6.26. The Hall–Kier alpha value is -1.28. The molecule has 0 aliphatic carbocycles. The molecule has 0 aliphatic rings. The third-order valence-corrected chi connectivity index (χ3v) is 2.82. The maximum atomic E-state index is 8.81. The van der Waals surface area contributed by atoms with Gasteiger partial charge in [-0.1, -0.05) is 0 Å². The van der Waals surface area contributed by atoms with Gasteiger partial charge in [0, 0.05) is 13.1 Å². The number of pyridine rings is 1. The summed E-state index contributed by atoms with van der Waals surface area (Å²) < 4.78 is 0.861. The lowest BCUT2D eigenvalue weighted by Crippen LogP contribution is -2.28. The Morgan fingerprint density at radius 2 is 2.38 bits per heavy atom. The van der Waals surface area contributed by atoms with Crippen LogP contribution >= 0.6 is 15.9 Å². The van der Waals surface area contributed by atoms with Crippen LogP contribution in [0.3, 0.4) is 0 Å². The van der Waals surface area contributed by atoms with Crippen LogP contribution in [0.1, 0.15) is 13.8 Å². The van der Waals surface area contributed by atoms with Gasteiger partial charge in [0.05, 0.1) is 28.3 Å². The number of hydrogen-bond acceptors (Lipinski definition) is 4. The molecule has 0 amide bonds. The van der Waals surface area contributed by atoms with Crippen molar-refractivity contribution in [2.24, 2.45) is 5.92 Å². The fourth-order valence-electron chi connectivity index (χ4n) is 1.41. The summed E-state index contributed by atoms with van der Waals surface area (Å²) in [5, 5.41) is 8.81. The lowest BCUT2D eigenvalue weighted by molar-refractivity contribution is 0.678. The van der Waals surface area contributed by atoms with Gasteiger partial charge in [-0.25, -0.2) is 4.98 Å².